The minimum absolute atomic E-state index is 0.219. The van der Waals surface area contributed by atoms with Gasteiger partial charge in [0.05, 0.1) is 12.8 Å². The van der Waals surface area contributed by atoms with Crippen molar-refractivity contribution >= 4 is 17.3 Å². The zero-order chi connectivity index (χ0) is 15.5. The summed E-state index contributed by atoms with van der Waals surface area (Å²) in [4.78, 5) is 20.2. The van der Waals surface area contributed by atoms with Gasteiger partial charge < -0.3 is 9.84 Å². The number of aromatic carboxylic acids is 1. The van der Waals surface area contributed by atoms with Crippen molar-refractivity contribution in [3.8, 4) is 27.6 Å². The lowest BCUT2D eigenvalue weighted by Crippen LogP contribution is -1.95. The lowest BCUT2D eigenvalue weighted by Gasteiger charge is -2.02. The number of carboxylic acids is 1. The topological polar surface area (TPSA) is 72.3 Å². The minimum Gasteiger partial charge on any atom is -0.497 e. The number of rotatable bonds is 4. The number of thiazole rings is 1. The molecule has 0 aliphatic rings. The smallest absolute Gasteiger partial charge is 0.348 e. The third kappa shape index (κ3) is 2.68. The van der Waals surface area contributed by atoms with E-state index in [-0.39, 0.29) is 4.88 Å². The zero-order valence-electron chi connectivity index (χ0n) is 11.7. The van der Waals surface area contributed by atoms with Crippen LogP contribution in [0.4, 0.5) is 0 Å². The number of aromatic nitrogens is 2. The van der Waals surface area contributed by atoms with E-state index in [9.17, 15) is 9.90 Å². The molecule has 3 aromatic rings. The van der Waals surface area contributed by atoms with Gasteiger partial charge in [0.1, 0.15) is 15.6 Å². The van der Waals surface area contributed by atoms with E-state index in [4.69, 9.17) is 4.74 Å². The van der Waals surface area contributed by atoms with Crippen molar-refractivity contribution in [2.75, 3.05) is 7.11 Å². The van der Waals surface area contributed by atoms with Gasteiger partial charge in [0.25, 0.3) is 0 Å². The molecule has 5 nitrogen and oxygen atoms in total. The normalized spacial score (nSPS) is 10.4. The van der Waals surface area contributed by atoms with Crippen LogP contribution in [-0.2, 0) is 0 Å². The number of carbonyl (C=O) groups is 1. The van der Waals surface area contributed by atoms with Gasteiger partial charge in [-0.3, -0.25) is 4.98 Å². The predicted molar refractivity (Wildman–Crippen MR) is 84.3 cm³/mol. The first-order chi connectivity index (χ1) is 10.7. The van der Waals surface area contributed by atoms with Gasteiger partial charge >= 0.3 is 5.97 Å². The Morgan fingerprint density at radius 1 is 1.09 bits per heavy atom. The molecule has 2 heterocycles. The van der Waals surface area contributed by atoms with Crippen LogP contribution in [-0.4, -0.2) is 28.2 Å². The van der Waals surface area contributed by atoms with E-state index in [1.807, 2.05) is 12.1 Å². The van der Waals surface area contributed by atoms with Crippen LogP contribution >= 0.6 is 11.3 Å². The van der Waals surface area contributed by atoms with Crippen molar-refractivity contribution in [3.05, 3.63) is 53.7 Å². The van der Waals surface area contributed by atoms with Crippen molar-refractivity contribution in [3.63, 3.8) is 0 Å². The van der Waals surface area contributed by atoms with Crippen molar-refractivity contribution in [2.24, 2.45) is 0 Å². The highest BCUT2D eigenvalue weighted by Crippen LogP contribution is 2.34. The van der Waals surface area contributed by atoms with Crippen molar-refractivity contribution in [1.29, 1.82) is 0 Å². The highest BCUT2D eigenvalue weighted by Gasteiger charge is 2.19. The summed E-state index contributed by atoms with van der Waals surface area (Å²) in [5, 5.41) is 10.1. The Morgan fingerprint density at radius 2 is 1.77 bits per heavy atom. The molecular formula is C16H12N2O3S. The molecule has 0 spiro atoms. The van der Waals surface area contributed by atoms with Gasteiger partial charge in [0.15, 0.2) is 0 Å². The standard InChI is InChI=1S/C16H12N2O3S/c1-21-12-4-2-10(3-5-12)13-14(16(19)20)22-15(18-13)11-6-8-17-9-7-11/h2-9H,1H3,(H,19,20). The third-order valence-corrected chi connectivity index (χ3v) is 4.20. The Bertz CT molecular complexity index is 798. The van der Waals surface area contributed by atoms with Gasteiger partial charge in [0.2, 0.25) is 0 Å². The molecule has 0 saturated heterocycles. The molecule has 2 aromatic heterocycles. The average molecular weight is 312 g/mol. The molecule has 22 heavy (non-hydrogen) atoms. The number of hydrogen-bond acceptors (Lipinski definition) is 5. The molecule has 0 bridgehead atoms. The summed E-state index contributed by atoms with van der Waals surface area (Å²) in [5.41, 5.74) is 2.06. The highest BCUT2D eigenvalue weighted by molar-refractivity contribution is 7.17. The fourth-order valence-electron chi connectivity index (χ4n) is 2.03. The molecule has 0 amide bonds. The van der Waals surface area contributed by atoms with Crippen LogP contribution in [0.1, 0.15) is 9.67 Å². The van der Waals surface area contributed by atoms with Crippen LogP contribution in [0, 0.1) is 0 Å². The maximum Gasteiger partial charge on any atom is 0.348 e. The van der Waals surface area contributed by atoms with Crippen LogP contribution < -0.4 is 4.74 Å². The molecule has 0 saturated carbocycles. The lowest BCUT2D eigenvalue weighted by molar-refractivity contribution is 0.0702. The number of nitrogens with zero attached hydrogens (tertiary/aromatic N) is 2. The second-order valence-electron chi connectivity index (χ2n) is 4.47. The number of hydrogen-bond donors (Lipinski definition) is 1. The molecule has 0 aliphatic carbocycles. The largest absolute Gasteiger partial charge is 0.497 e. The fourth-order valence-corrected chi connectivity index (χ4v) is 2.96. The molecule has 0 unspecified atom stereocenters. The molecule has 3 rings (SSSR count). The van der Waals surface area contributed by atoms with E-state index in [2.05, 4.69) is 9.97 Å². The van der Waals surface area contributed by atoms with Crippen LogP contribution in [0.2, 0.25) is 0 Å². The fraction of sp³-hybridized carbons (Fsp3) is 0.0625. The number of methoxy groups -OCH3 is 1. The second-order valence-corrected chi connectivity index (χ2v) is 5.47. The Kier molecular flexibility index (Phi) is 3.84. The second kappa shape index (κ2) is 5.95. The Labute approximate surface area is 130 Å². The predicted octanol–water partition coefficient (Wildman–Crippen LogP) is 3.58. The van der Waals surface area contributed by atoms with Gasteiger partial charge in [0, 0.05) is 23.5 Å². The summed E-state index contributed by atoms with van der Waals surface area (Å²) in [6, 6.07) is 10.8. The van der Waals surface area contributed by atoms with Crippen molar-refractivity contribution < 1.29 is 14.6 Å². The summed E-state index contributed by atoms with van der Waals surface area (Å²) in [6.45, 7) is 0. The molecule has 1 N–H and O–H groups in total. The summed E-state index contributed by atoms with van der Waals surface area (Å²) in [5.74, 6) is -0.270. The number of ether oxygens (including phenoxy) is 1. The Hall–Kier alpha value is -2.73. The van der Waals surface area contributed by atoms with Gasteiger partial charge in [-0.15, -0.1) is 11.3 Å². The maximum absolute atomic E-state index is 11.5. The van der Waals surface area contributed by atoms with Gasteiger partial charge in [-0.25, -0.2) is 9.78 Å². The minimum atomic E-state index is -0.983. The molecule has 1 aromatic carbocycles. The molecule has 0 atom stereocenters. The summed E-state index contributed by atoms with van der Waals surface area (Å²) in [6.07, 6.45) is 3.31. The molecule has 0 aliphatic heterocycles. The molecular weight excluding hydrogens is 300 g/mol. The number of benzene rings is 1. The van der Waals surface area contributed by atoms with Crippen LogP contribution in [0.3, 0.4) is 0 Å². The highest BCUT2D eigenvalue weighted by atomic mass is 32.1. The summed E-state index contributed by atoms with van der Waals surface area (Å²) in [7, 11) is 1.59. The number of carboxylic acid groups (broad SMARTS) is 1. The van der Waals surface area contributed by atoms with Gasteiger partial charge in [-0.05, 0) is 36.4 Å². The zero-order valence-corrected chi connectivity index (χ0v) is 12.5. The first-order valence-electron chi connectivity index (χ1n) is 6.48. The van der Waals surface area contributed by atoms with Crippen LogP contribution in [0.25, 0.3) is 21.8 Å². The van der Waals surface area contributed by atoms with Crippen molar-refractivity contribution in [2.45, 2.75) is 0 Å². The van der Waals surface area contributed by atoms with E-state index in [1.54, 1.807) is 43.8 Å². The first-order valence-corrected chi connectivity index (χ1v) is 7.29. The van der Waals surface area contributed by atoms with Gasteiger partial charge in [-0.2, -0.15) is 0 Å². The maximum atomic E-state index is 11.5. The van der Waals surface area contributed by atoms with Gasteiger partial charge in [-0.1, -0.05) is 0 Å². The molecule has 0 radical (unpaired) electrons. The van der Waals surface area contributed by atoms with Crippen LogP contribution in [0.15, 0.2) is 48.8 Å². The van der Waals surface area contributed by atoms with E-state index in [1.165, 1.54) is 0 Å². The first kappa shape index (κ1) is 14.2. The van der Waals surface area contributed by atoms with E-state index < -0.39 is 5.97 Å². The summed E-state index contributed by atoms with van der Waals surface area (Å²) >= 11 is 1.16. The Balaban J connectivity index is 2.09. The van der Waals surface area contributed by atoms with E-state index in [0.29, 0.717) is 16.5 Å². The van der Waals surface area contributed by atoms with E-state index >= 15 is 0 Å². The molecule has 110 valence electrons. The molecule has 6 heteroatoms. The summed E-state index contributed by atoms with van der Waals surface area (Å²) < 4.78 is 5.12. The average Bonchev–Trinajstić information content (AvgIpc) is 3.01. The molecule has 0 fully saturated rings. The monoisotopic (exact) mass is 312 g/mol. The van der Waals surface area contributed by atoms with Crippen LogP contribution in [0.5, 0.6) is 5.75 Å². The van der Waals surface area contributed by atoms with Crippen molar-refractivity contribution in [1.82, 2.24) is 9.97 Å². The lowest BCUT2D eigenvalue weighted by atomic mass is 10.1. The SMILES string of the molecule is COc1ccc(-c2nc(-c3ccncc3)sc2C(=O)O)cc1. The van der Waals surface area contributed by atoms with E-state index in [0.717, 1.165) is 22.5 Å². The quantitative estimate of drug-likeness (QED) is 0.797. The number of pyridine rings is 1. The third-order valence-electron chi connectivity index (χ3n) is 3.11. The Morgan fingerprint density at radius 3 is 2.36 bits per heavy atom.